The second-order valence-electron chi connectivity index (χ2n) is 4.98. The molecule has 0 atom stereocenters. The van der Waals surface area contributed by atoms with E-state index in [1.165, 1.54) is 26.1 Å². The van der Waals surface area contributed by atoms with Crippen molar-refractivity contribution in [2.75, 3.05) is 0 Å². The van der Waals surface area contributed by atoms with Gasteiger partial charge in [0.2, 0.25) is 0 Å². The molecule has 0 bridgehead atoms. The number of rotatable bonds is 4. The van der Waals surface area contributed by atoms with Crippen molar-refractivity contribution < 1.29 is 0 Å². The lowest BCUT2D eigenvalue weighted by Gasteiger charge is -2.03. The average molecular weight is 311 g/mol. The summed E-state index contributed by atoms with van der Waals surface area (Å²) in [5, 5.41) is 1.32. The minimum Gasteiger partial charge on any atom is -0.135 e. The van der Waals surface area contributed by atoms with Crippen LogP contribution in [0.15, 0.2) is 55.2 Å². The Morgan fingerprint density at radius 1 is 1.14 bits per heavy atom. The molecule has 1 aromatic carbocycles. The smallest absolute Gasteiger partial charge is 0.0430 e. The quantitative estimate of drug-likeness (QED) is 0.515. The van der Waals surface area contributed by atoms with Gasteiger partial charge in [0.05, 0.1) is 0 Å². The Morgan fingerprint density at radius 3 is 2.41 bits per heavy atom. The SMILES string of the molecule is C=C(C)/C=C\C(=C)c1cccc2c(C)c(/C=C\C)sc12.CC. The normalized spacial score (nSPS) is 11.0. The van der Waals surface area contributed by atoms with E-state index in [4.69, 9.17) is 0 Å². The lowest BCUT2D eigenvalue weighted by molar-refractivity contribution is 1.50. The Kier molecular flexibility index (Phi) is 7.07. The first-order valence-electron chi connectivity index (χ1n) is 7.72. The molecule has 0 aliphatic rings. The highest BCUT2D eigenvalue weighted by molar-refractivity contribution is 7.20. The van der Waals surface area contributed by atoms with Crippen LogP contribution in [-0.4, -0.2) is 0 Å². The molecule has 0 spiro atoms. The summed E-state index contributed by atoms with van der Waals surface area (Å²) >= 11 is 1.83. The van der Waals surface area contributed by atoms with E-state index in [1.807, 2.05) is 44.3 Å². The van der Waals surface area contributed by atoms with E-state index in [1.54, 1.807) is 0 Å². The van der Waals surface area contributed by atoms with Gasteiger partial charge in [-0.2, -0.15) is 0 Å². The third-order valence-electron chi connectivity index (χ3n) is 3.23. The second-order valence-corrected chi connectivity index (χ2v) is 6.03. The van der Waals surface area contributed by atoms with Crippen molar-refractivity contribution in [1.82, 2.24) is 0 Å². The van der Waals surface area contributed by atoms with E-state index in [-0.39, 0.29) is 0 Å². The molecule has 1 heterocycles. The van der Waals surface area contributed by atoms with Gasteiger partial charge in [0.15, 0.2) is 0 Å². The zero-order valence-electron chi connectivity index (χ0n) is 14.4. The summed E-state index contributed by atoms with van der Waals surface area (Å²) in [4.78, 5) is 1.33. The Morgan fingerprint density at radius 2 is 1.82 bits per heavy atom. The topological polar surface area (TPSA) is 0 Å². The summed E-state index contributed by atoms with van der Waals surface area (Å²) in [5.74, 6) is 0. The highest BCUT2D eigenvalue weighted by Crippen LogP contribution is 2.36. The standard InChI is InChI=1S/C19H20S.C2H6/c1-6-8-18-15(5)17-10-7-9-16(19(17)20-18)14(4)12-11-13(2)3;1-2/h6-12H,2,4H2,1,3,5H3;1-2H3/b8-6-,12-11-;. The molecular weight excluding hydrogens is 284 g/mol. The van der Waals surface area contributed by atoms with Gasteiger partial charge in [0, 0.05) is 9.58 Å². The first-order valence-corrected chi connectivity index (χ1v) is 8.54. The monoisotopic (exact) mass is 310 g/mol. The fourth-order valence-electron chi connectivity index (χ4n) is 2.16. The van der Waals surface area contributed by atoms with E-state index < -0.39 is 0 Å². The maximum absolute atomic E-state index is 4.19. The van der Waals surface area contributed by atoms with Crippen LogP contribution in [0.4, 0.5) is 0 Å². The lowest BCUT2D eigenvalue weighted by atomic mass is 10.0. The maximum Gasteiger partial charge on any atom is 0.0430 e. The third kappa shape index (κ3) is 4.08. The number of aryl methyl sites for hydroxylation is 1. The fraction of sp³-hybridized carbons (Fsp3) is 0.238. The summed E-state index contributed by atoms with van der Waals surface area (Å²) < 4.78 is 1.31. The molecule has 2 aromatic rings. The van der Waals surface area contributed by atoms with Crippen molar-refractivity contribution in [3.63, 3.8) is 0 Å². The van der Waals surface area contributed by atoms with Crippen molar-refractivity contribution in [1.29, 1.82) is 0 Å². The molecular formula is C21H26S. The van der Waals surface area contributed by atoms with E-state index in [0.29, 0.717) is 0 Å². The molecule has 0 nitrogen and oxygen atoms in total. The van der Waals surface area contributed by atoms with Gasteiger partial charge in [-0.3, -0.25) is 0 Å². The van der Waals surface area contributed by atoms with Crippen LogP contribution in [0.1, 0.15) is 43.7 Å². The van der Waals surface area contributed by atoms with Gasteiger partial charge in [-0.05, 0) is 48.9 Å². The fourth-order valence-corrected chi connectivity index (χ4v) is 3.48. The van der Waals surface area contributed by atoms with Gasteiger partial charge in [-0.1, -0.05) is 69.0 Å². The molecule has 1 aromatic heterocycles. The van der Waals surface area contributed by atoms with Crippen LogP contribution in [0, 0.1) is 6.92 Å². The third-order valence-corrected chi connectivity index (χ3v) is 4.54. The zero-order valence-corrected chi connectivity index (χ0v) is 15.2. The second kappa shape index (κ2) is 8.55. The van der Waals surface area contributed by atoms with E-state index in [2.05, 4.69) is 57.4 Å². The van der Waals surface area contributed by atoms with Crippen molar-refractivity contribution >= 4 is 33.1 Å². The van der Waals surface area contributed by atoms with Crippen LogP contribution in [-0.2, 0) is 0 Å². The molecule has 0 aliphatic carbocycles. The number of thiophene rings is 1. The number of allylic oxidation sites excluding steroid dienone is 5. The Bertz CT molecular complexity index is 724. The first-order chi connectivity index (χ1) is 10.5. The summed E-state index contributed by atoms with van der Waals surface area (Å²) in [7, 11) is 0. The summed E-state index contributed by atoms with van der Waals surface area (Å²) in [5.41, 5.74) is 4.63. The molecule has 1 heteroatoms. The largest absolute Gasteiger partial charge is 0.135 e. The highest BCUT2D eigenvalue weighted by atomic mass is 32.1. The first kappa shape index (κ1) is 18.2. The van der Waals surface area contributed by atoms with Crippen LogP contribution >= 0.6 is 11.3 Å². The molecule has 2 rings (SSSR count). The Labute approximate surface area is 139 Å². The number of hydrogen-bond donors (Lipinski definition) is 0. The highest BCUT2D eigenvalue weighted by Gasteiger charge is 2.10. The van der Waals surface area contributed by atoms with Crippen LogP contribution in [0.25, 0.3) is 21.7 Å². The average Bonchev–Trinajstić information content (AvgIpc) is 2.84. The molecule has 0 radical (unpaired) electrons. The molecule has 0 unspecified atom stereocenters. The molecule has 0 N–H and O–H groups in total. The van der Waals surface area contributed by atoms with Gasteiger partial charge in [-0.25, -0.2) is 0 Å². The molecule has 0 amide bonds. The van der Waals surface area contributed by atoms with Gasteiger partial charge < -0.3 is 0 Å². The Hall–Kier alpha value is -1.86. The molecule has 22 heavy (non-hydrogen) atoms. The summed E-state index contributed by atoms with van der Waals surface area (Å²) in [6.07, 6.45) is 8.32. The van der Waals surface area contributed by atoms with Crippen LogP contribution in [0.2, 0.25) is 0 Å². The van der Waals surface area contributed by atoms with Crippen molar-refractivity contribution in [3.05, 3.63) is 71.2 Å². The number of hydrogen-bond acceptors (Lipinski definition) is 1. The maximum atomic E-state index is 4.19. The van der Waals surface area contributed by atoms with Crippen molar-refractivity contribution in [3.8, 4) is 0 Å². The molecule has 0 saturated heterocycles. The Balaban J connectivity index is 0.00000116. The molecule has 0 aliphatic heterocycles. The number of benzene rings is 1. The van der Waals surface area contributed by atoms with E-state index in [0.717, 1.165) is 11.1 Å². The van der Waals surface area contributed by atoms with E-state index in [9.17, 15) is 0 Å². The summed E-state index contributed by atoms with van der Waals surface area (Å²) in [6.45, 7) is 18.3. The minimum atomic E-state index is 1.03. The molecule has 0 saturated carbocycles. The van der Waals surface area contributed by atoms with Gasteiger partial charge in [0.25, 0.3) is 0 Å². The lowest BCUT2D eigenvalue weighted by Crippen LogP contribution is -1.80. The van der Waals surface area contributed by atoms with Gasteiger partial charge in [-0.15, -0.1) is 11.3 Å². The minimum absolute atomic E-state index is 1.03. The molecule has 0 fully saturated rings. The predicted molar refractivity (Wildman–Crippen MR) is 106 cm³/mol. The van der Waals surface area contributed by atoms with Crippen LogP contribution in [0.3, 0.4) is 0 Å². The van der Waals surface area contributed by atoms with Gasteiger partial charge >= 0.3 is 0 Å². The van der Waals surface area contributed by atoms with E-state index >= 15 is 0 Å². The molecule has 116 valence electrons. The van der Waals surface area contributed by atoms with Gasteiger partial charge in [0.1, 0.15) is 0 Å². The van der Waals surface area contributed by atoms with Crippen molar-refractivity contribution in [2.45, 2.75) is 34.6 Å². The summed E-state index contributed by atoms with van der Waals surface area (Å²) in [6, 6.07) is 6.44. The number of fused-ring (bicyclic) bond motifs is 1. The van der Waals surface area contributed by atoms with Crippen molar-refractivity contribution in [2.24, 2.45) is 0 Å². The predicted octanol–water partition coefficient (Wildman–Crippen LogP) is 7.41. The van der Waals surface area contributed by atoms with Crippen LogP contribution in [0.5, 0.6) is 0 Å². The van der Waals surface area contributed by atoms with Crippen LogP contribution < -0.4 is 0 Å². The zero-order chi connectivity index (χ0) is 16.7.